The SMILES string of the molecule is N#Cc1cccc(Cn2c(=O)n(C3OC(CO)[C@@H](O)[C@H]3O)c3nc(N)[nH]c(=O)c32)c1. The second kappa shape index (κ2) is 7.39. The average Bonchev–Trinajstić information content (AvgIpc) is 3.15. The summed E-state index contributed by atoms with van der Waals surface area (Å²) in [5.41, 5.74) is 4.90. The van der Waals surface area contributed by atoms with E-state index in [4.69, 9.17) is 15.7 Å². The summed E-state index contributed by atoms with van der Waals surface area (Å²) in [7, 11) is 0. The van der Waals surface area contributed by atoms with Gasteiger partial charge in [-0.25, -0.2) is 9.36 Å². The van der Waals surface area contributed by atoms with E-state index in [1.54, 1.807) is 24.3 Å². The van der Waals surface area contributed by atoms with Gasteiger partial charge < -0.3 is 25.8 Å². The van der Waals surface area contributed by atoms with Gasteiger partial charge >= 0.3 is 5.69 Å². The van der Waals surface area contributed by atoms with Gasteiger partial charge in [0.2, 0.25) is 5.95 Å². The van der Waals surface area contributed by atoms with Gasteiger partial charge in [-0.2, -0.15) is 10.2 Å². The van der Waals surface area contributed by atoms with Crippen LogP contribution in [0.25, 0.3) is 11.2 Å². The summed E-state index contributed by atoms with van der Waals surface area (Å²) in [6, 6.07) is 8.50. The predicted molar refractivity (Wildman–Crippen MR) is 102 cm³/mol. The maximum absolute atomic E-state index is 13.2. The van der Waals surface area contributed by atoms with Crippen molar-refractivity contribution in [1.82, 2.24) is 19.1 Å². The van der Waals surface area contributed by atoms with Crippen molar-refractivity contribution in [3.63, 3.8) is 0 Å². The number of aliphatic hydroxyl groups excluding tert-OH is 3. The van der Waals surface area contributed by atoms with E-state index in [9.17, 15) is 24.9 Å². The summed E-state index contributed by atoms with van der Waals surface area (Å²) in [5, 5.41) is 38.8. The summed E-state index contributed by atoms with van der Waals surface area (Å²) in [5.74, 6) is -0.253. The van der Waals surface area contributed by atoms with Gasteiger partial charge in [-0.3, -0.25) is 14.3 Å². The summed E-state index contributed by atoms with van der Waals surface area (Å²) in [6.07, 6.45) is -5.52. The number of imidazole rings is 1. The molecule has 6 N–H and O–H groups in total. The third-order valence-corrected chi connectivity index (χ3v) is 5.00. The van der Waals surface area contributed by atoms with Crippen LogP contribution in [0.4, 0.5) is 5.95 Å². The van der Waals surface area contributed by atoms with Gasteiger partial charge in [0, 0.05) is 0 Å². The minimum atomic E-state index is -1.55. The lowest BCUT2D eigenvalue weighted by molar-refractivity contribution is -0.0527. The van der Waals surface area contributed by atoms with E-state index in [1.165, 1.54) is 0 Å². The number of nitrogens with two attached hydrogens (primary N) is 1. The predicted octanol–water partition coefficient (Wildman–Crippen LogP) is -2.00. The Kier molecular flexibility index (Phi) is 4.88. The van der Waals surface area contributed by atoms with Crippen molar-refractivity contribution >= 4 is 17.1 Å². The molecular weight excluding hydrogens is 396 g/mol. The smallest absolute Gasteiger partial charge is 0.333 e. The van der Waals surface area contributed by atoms with E-state index in [2.05, 4.69) is 9.97 Å². The molecule has 12 heteroatoms. The van der Waals surface area contributed by atoms with Crippen molar-refractivity contribution in [2.75, 3.05) is 12.3 Å². The van der Waals surface area contributed by atoms with E-state index < -0.39 is 42.4 Å². The van der Waals surface area contributed by atoms with Crippen LogP contribution in [0.1, 0.15) is 17.4 Å². The van der Waals surface area contributed by atoms with E-state index in [0.717, 1.165) is 9.13 Å². The highest BCUT2D eigenvalue weighted by atomic mass is 16.6. The van der Waals surface area contributed by atoms with Gasteiger partial charge in [-0.05, 0) is 17.7 Å². The van der Waals surface area contributed by atoms with Crippen molar-refractivity contribution < 1.29 is 20.1 Å². The van der Waals surface area contributed by atoms with Crippen LogP contribution in [0.15, 0.2) is 33.9 Å². The van der Waals surface area contributed by atoms with Gasteiger partial charge in [0.25, 0.3) is 5.56 Å². The highest BCUT2D eigenvalue weighted by molar-refractivity contribution is 5.72. The number of hydrogen-bond donors (Lipinski definition) is 5. The molecule has 0 spiro atoms. The summed E-state index contributed by atoms with van der Waals surface area (Å²) < 4.78 is 7.50. The number of nitrogens with zero attached hydrogens (tertiary/aromatic N) is 4. The van der Waals surface area contributed by atoms with Crippen LogP contribution in [0, 0.1) is 11.3 Å². The fourth-order valence-corrected chi connectivity index (χ4v) is 3.59. The molecule has 4 atom stereocenters. The number of aromatic amines is 1. The highest BCUT2D eigenvalue weighted by Gasteiger charge is 2.45. The molecule has 0 aliphatic carbocycles. The zero-order valence-electron chi connectivity index (χ0n) is 15.5. The topological polar surface area (TPSA) is 192 Å². The molecule has 0 bridgehead atoms. The maximum atomic E-state index is 13.2. The minimum absolute atomic E-state index is 0.0681. The van der Waals surface area contributed by atoms with Gasteiger partial charge in [-0.15, -0.1) is 0 Å². The minimum Gasteiger partial charge on any atom is -0.394 e. The Morgan fingerprint density at radius 3 is 2.73 bits per heavy atom. The number of rotatable bonds is 4. The fraction of sp³-hybridized carbons (Fsp3) is 0.333. The number of nitrogens with one attached hydrogen (secondary N) is 1. The van der Waals surface area contributed by atoms with Crippen LogP contribution in [0.5, 0.6) is 0 Å². The van der Waals surface area contributed by atoms with Crippen molar-refractivity contribution in [3.05, 3.63) is 56.2 Å². The van der Waals surface area contributed by atoms with Crippen LogP contribution in [-0.4, -0.2) is 59.3 Å². The maximum Gasteiger partial charge on any atom is 0.333 e. The third-order valence-electron chi connectivity index (χ3n) is 5.00. The molecule has 1 aliphatic rings. The lowest BCUT2D eigenvalue weighted by atomic mass is 10.1. The molecule has 2 aromatic heterocycles. The third kappa shape index (κ3) is 3.06. The Labute approximate surface area is 168 Å². The lowest BCUT2D eigenvalue weighted by Gasteiger charge is -2.15. The number of nitriles is 1. The largest absolute Gasteiger partial charge is 0.394 e. The van der Waals surface area contributed by atoms with E-state index in [-0.39, 0.29) is 23.7 Å². The number of benzene rings is 1. The number of aromatic nitrogens is 4. The molecule has 0 amide bonds. The molecule has 0 radical (unpaired) electrons. The molecule has 1 fully saturated rings. The van der Waals surface area contributed by atoms with Gasteiger partial charge in [0.15, 0.2) is 17.4 Å². The Hall–Kier alpha value is -3.50. The first kappa shape index (κ1) is 19.8. The van der Waals surface area contributed by atoms with Crippen LogP contribution in [0.2, 0.25) is 0 Å². The Balaban J connectivity index is 1.92. The quantitative estimate of drug-likeness (QED) is 0.321. The van der Waals surface area contributed by atoms with E-state index in [1.807, 2.05) is 6.07 Å². The molecular formula is C18H18N6O6. The van der Waals surface area contributed by atoms with E-state index >= 15 is 0 Å². The molecule has 2 unspecified atom stereocenters. The van der Waals surface area contributed by atoms with Crippen LogP contribution in [0.3, 0.4) is 0 Å². The first-order valence-electron chi connectivity index (χ1n) is 8.97. The van der Waals surface area contributed by atoms with Crippen LogP contribution < -0.4 is 17.0 Å². The summed E-state index contributed by atoms with van der Waals surface area (Å²) >= 11 is 0. The van der Waals surface area contributed by atoms with E-state index in [0.29, 0.717) is 11.1 Å². The van der Waals surface area contributed by atoms with Crippen LogP contribution >= 0.6 is 0 Å². The molecule has 0 saturated carbocycles. The van der Waals surface area contributed by atoms with Crippen molar-refractivity contribution in [3.8, 4) is 6.07 Å². The number of fused-ring (bicyclic) bond motifs is 1. The molecule has 12 nitrogen and oxygen atoms in total. The van der Waals surface area contributed by atoms with Crippen molar-refractivity contribution in [2.24, 2.45) is 0 Å². The molecule has 1 saturated heterocycles. The number of aliphatic hydroxyl groups is 3. The first-order valence-corrected chi connectivity index (χ1v) is 8.97. The number of nitrogen functional groups attached to an aromatic ring is 1. The highest BCUT2D eigenvalue weighted by Crippen LogP contribution is 2.30. The molecule has 1 aromatic carbocycles. The Bertz CT molecular complexity index is 1270. The number of anilines is 1. The molecule has 3 heterocycles. The lowest BCUT2D eigenvalue weighted by Crippen LogP contribution is -2.36. The van der Waals surface area contributed by atoms with Crippen molar-refractivity contribution in [1.29, 1.82) is 5.26 Å². The fourth-order valence-electron chi connectivity index (χ4n) is 3.59. The van der Waals surface area contributed by atoms with Crippen molar-refractivity contribution in [2.45, 2.75) is 31.1 Å². The number of hydrogen-bond acceptors (Lipinski definition) is 9. The van der Waals surface area contributed by atoms with Gasteiger partial charge in [0.1, 0.15) is 18.3 Å². The Morgan fingerprint density at radius 1 is 1.30 bits per heavy atom. The van der Waals surface area contributed by atoms with Gasteiger partial charge in [-0.1, -0.05) is 12.1 Å². The monoisotopic (exact) mass is 414 g/mol. The number of ether oxygens (including phenoxy) is 1. The zero-order chi connectivity index (χ0) is 21.6. The molecule has 4 rings (SSSR count). The zero-order valence-corrected chi connectivity index (χ0v) is 15.5. The second-order valence-corrected chi connectivity index (χ2v) is 6.90. The first-order chi connectivity index (χ1) is 14.3. The normalized spacial score (nSPS) is 23.7. The Morgan fingerprint density at radius 2 is 2.07 bits per heavy atom. The molecule has 3 aromatic rings. The molecule has 1 aliphatic heterocycles. The average molecular weight is 414 g/mol. The second-order valence-electron chi connectivity index (χ2n) is 6.90. The standard InChI is InChI=1S/C18H18N6O6/c19-5-8-2-1-3-9(4-8)6-23-11-14(21-17(20)22-15(11)28)24(18(23)29)16-13(27)12(26)10(7-25)30-16/h1-4,10,12-13,16,25-27H,6-7H2,(H3,20,21,22,28)/t10?,12-,13-,16?/m1/s1. The molecule has 30 heavy (non-hydrogen) atoms. The van der Waals surface area contributed by atoms with Crippen LogP contribution in [-0.2, 0) is 11.3 Å². The summed E-state index contributed by atoms with van der Waals surface area (Å²) in [6.45, 7) is -0.652. The molecule has 156 valence electrons. The van der Waals surface area contributed by atoms with Gasteiger partial charge in [0.05, 0.1) is 24.8 Å². The summed E-state index contributed by atoms with van der Waals surface area (Å²) in [4.78, 5) is 32.2. The number of H-pyrrole nitrogens is 1.